The van der Waals surface area contributed by atoms with Gasteiger partial charge in [-0.3, -0.25) is 4.79 Å². The van der Waals surface area contributed by atoms with Crippen molar-refractivity contribution < 1.29 is 4.79 Å². The lowest BCUT2D eigenvalue weighted by Crippen LogP contribution is -2.40. The zero-order valence-electron chi connectivity index (χ0n) is 12.2. The minimum atomic E-state index is 0.119. The molecule has 3 heteroatoms. The Kier molecular flexibility index (Phi) is 4.25. The predicted molar refractivity (Wildman–Crippen MR) is 79.8 cm³/mol. The van der Waals surface area contributed by atoms with Gasteiger partial charge < -0.3 is 10.2 Å². The van der Waals surface area contributed by atoms with Gasteiger partial charge in [-0.25, -0.2) is 0 Å². The molecule has 0 atom stereocenters. The largest absolute Gasteiger partial charge is 0.384 e. The van der Waals surface area contributed by atoms with E-state index in [1.165, 1.54) is 25.9 Å². The van der Waals surface area contributed by atoms with Gasteiger partial charge in [-0.15, -0.1) is 0 Å². The number of hydrogen-bond acceptors (Lipinski definition) is 3. The van der Waals surface area contributed by atoms with Gasteiger partial charge in [0, 0.05) is 17.8 Å². The Labute approximate surface area is 116 Å². The van der Waals surface area contributed by atoms with E-state index in [1.807, 2.05) is 24.3 Å². The number of Topliss-reactive ketones (excluding diaryl/α,β-unsaturated/α-hetero) is 1. The average molecular weight is 260 g/mol. The quantitative estimate of drug-likeness (QED) is 0.845. The van der Waals surface area contributed by atoms with Crippen LogP contribution in [0.25, 0.3) is 0 Å². The van der Waals surface area contributed by atoms with E-state index in [4.69, 9.17) is 0 Å². The highest BCUT2D eigenvalue weighted by Crippen LogP contribution is 2.30. The van der Waals surface area contributed by atoms with Crippen molar-refractivity contribution in [2.75, 3.05) is 32.0 Å². The lowest BCUT2D eigenvalue weighted by molar-refractivity contribution is 0.101. The topological polar surface area (TPSA) is 32.3 Å². The molecule has 3 nitrogen and oxygen atoms in total. The highest BCUT2D eigenvalue weighted by molar-refractivity contribution is 5.94. The standard InChI is InChI=1S/C16H24N2O/c1-13(19)14-4-6-15(7-5-14)17-12-16(2)8-10-18(3)11-9-16/h4-7,17H,8-12H2,1-3H3. The number of benzene rings is 1. The van der Waals surface area contributed by atoms with Gasteiger partial charge in [-0.2, -0.15) is 0 Å². The molecule has 1 aromatic rings. The number of ketones is 1. The minimum absolute atomic E-state index is 0.119. The monoisotopic (exact) mass is 260 g/mol. The number of hydrogen-bond donors (Lipinski definition) is 1. The average Bonchev–Trinajstić information content (AvgIpc) is 2.41. The number of rotatable bonds is 4. The molecule has 1 aliphatic rings. The molecule has 1 heterocycles. The molecule has 0 aromatic heterocycles. The van der Waals surface area contributed by atoms with Crippen molar-refractivity contribution in [1.29, 1.82) is 0 Å². The molecular formula is C16H24N2O. The molecule has 2 rings (SSSR count). The number of anilines is 1. The van der Waals surface area contributed by atoms with Crippen LogP contribution in [0.5, 0.6) is 0 Å². The number of piperidine rings is 1. The zero-order valence-corrected chi connectivity index (χ0v) is 12.2. The summed E-state index contributed by atoms with van der Waals surface area (Å²) in [6.07, 6.45) is 2.48. The normalized spacial score (nSPS) is 19.1. The van der Waals surface area contributed by atoms with Crippen molar-refractivity contribution in [3.8, 4) is 0 Å². The van der Waals surface area contributed by atoms with Gasteiger partial charge in [-0.1, -0.05) is 6.92 Å². The maximum Gasteiger partial charge on any atom is 0.159 e. The van der Waals surface area contributed by atoms with E-state index < -0.39 is 0 Å². The van der Waals surface area contributed by atoms with Gasteiger partial charge in [0.15, 0.2) is 5.78 Å². The Morgan fingerprint density at radius 2 is 1.84 bits per heavy atom. The lowest BCUT2D eigenvalue weighted by atomic mass is 9.80. The summed E-state index contributed by atoms with van der Waals surface area (Å²) in [7, 11) is 2.19. The number of carbonyl (C=O) groups excluding carboxylic acids is 1. The zero-order chi connectivity index (χ0) is 13.9. The van der Waals surface area contributed by atoms with Crippen molar-refractivity contribution in [2.45, 2.75) is 26.7 Å². The predicted octanol–water partition coefficient (Wildman–Crippen LogP) is 3.03. The fraction of sp³-hybridized carbons (Fsp3) is 0.562. The van der Waals surface area contributed by atoms with E-state index >= 15 is 0 Å². The molecule has 1 saturated heterocycles. The van der Waals surface area contributed by atoms with Gasteiger partial charge >= 0.3 is 0 Å². The van der Waals surface area contributed by atoms with Crippen molar-refractivity contribution in [3.05, 3.63) is 29.8 Å². The van der Waals surface area contributed by atoms with Crippen molar-refractivity contribution >= 4 is 11.5 Å². The Morgan fingerprint density at radius 1 is 1.26 bits per heavy atom. The highest BCUT2D eigenvalue weighted by atomic mass is 16.1. The molecule has 0 unspecified atom stereocenters. The van der Waals surface area contributed by atoms with Crippen LogP contribution in [0.3, 0.4) is 0 Å². The van der Waals surface area contributed by atoms with Gasteiger partial charge in [-0.05, 0) is 69.6 Å². The Hall–Kier alpha value is -1.35. The summed E-state index contributed by atoms with van der Waals surface area (Å²) in [5, 5.41) is 3.51. The summed E-state index contributed by atoms with van der Waals surface area (Å²) >= 11 is 0. The summed E-state index contributed by atoms with van der Waals surface area (Å²) in [5.41, 5.74) is 2.26. The summed E-state index contributed by atoms with van der Waals surface area (Å²) in [5.74, 6) is 0.119. The summed E-state index contributed by atoms with van der Waals surface area (Å²) in [6.45, 7) is 7.32. The van der Waals surface area contributed by atoms with Crippen LogP contribution in [0.15, 0.2) is 24.3 Å². The molecule has 0 spiro atoms. The van der Waals surface area contributed by atoms with Crippen molar-refractivity contribution in [3.63, 3.8) is 0 Å². The van der Waals surface area contributed by atoms with E-state index in [9.17, 15) is 4.79 Å². The van der Waals surface area contributed by atoms with Crippen LogP contribution in [-0.2, 0) is 0 Å². The van der Waals surface area contributed by atoms with Crippen LogP contribution < -0.4 is 5.32 Å². The molecule has 104 valence electrons. The maximum atomic E-state index is 11.2. The second kappa shape index (κ2) is 5.74. The van der Waals surface area contributed by atoms with Gasteiger partial charge in [0.25, 0.3) is 0 Å². The maximum absolute atomic E-state index is 11.2. The molecule has 0 radical (unpaired) electrons. The molecular weight excluding hydrogens is 236 g/mol. The third-order valence-electron chi connectivity index (χ3n) is 4.20. The molecule has 1 fully saturated rings. The summed E-state index contributed by atoms with van der Waals surface area (Å²) in [6, 6.07) is 7.77. The second-order valence-electron chi connectivity index (χ2n) is 6.10. The van der Waals surface area contributed by atoms with Crippen LogP contribution in [0.1, 0.15) is 37.0 Å². The molecule has 19 heavy (non-hydrogen) atoms. The number of nitrogens with one attached hydrogen (secondary N) is 1. The van der Waals surface area contributed by atoms with E-state index in [2.05, 4.69) is 24.2 Å². The Morgan fingerprint density at radius 3 is 2.37 bits per heavy atom. The van der Waals surface area contributed by atoms with Gasteiger partial charge in [0.05, 0.1) is 0 Å². The number of likely N-dealkylation sites (tertiary alicyclic amines) is 1. The first-order valence-electron chi connectivity index (χ1n) is 7.02. The van der Waals surface area contributed by atoms with E-state index in [0.29, 0.717) is 5.41 Å². The lowest BCUT2D eigenvalue weighted by Gasteiger charge is -2.38. The van der Waals surface area contributed by atoms with Crippen LogP contribution in [-0.4, -0.2) is 37.4 Å². The highest BCUT2D eigenvalue weighted by Gasteiger charge is 2.28. The van der Waals surface area contributed by atoms with Crippen molar-refractivity contribution in [2.24, 2.45) is 5.41 Å². The first kappa shape index (κ1) is 14.1. The van der Waals surface area contributed by atoms with Crippen LogP contribution in [0, 0.1) is 5.41 Å². The Bertz CT molecular complexity index is 431. The minimum Gasteiger partial charge on any atom is -0.384 e. The van der Waals surface area contributed by atoms with Gasteiger partial charge in [0.2, 0.25) is 0 Å². The first-order valence-corrected chi connectivity index (χ1v) is 7.02. The second-order valence-corrected chi connectivity index (χ2v) is 6.10. The molecule has 0 bridgehead atoms. The van der Waals surface area contributed by atoms with E-state index in [1.54, 1.807) is 6.92 Å². The molecule has 0 amide bonds. The van der Waals surface area contributed by atoms with Crippen molar-refractivity contribution in [1.82, 2.24) is 4.90 Å². The molecule has 1 N–H and O–H groups in total. The number of nitrogens with zero attached hydrogens (tertiary/aromatic N) is 1. The summed E-state index contributed by atoms with van der Waals surface area (Å²) in [4.78, 5) is 13.6. The van der Waals surface area contributed by atoms with Crippen LogP contribution in [0.2, 0.25) is 0 Å². The molecule has 0 aliphatic carbocycles. The van der Waals surface area contributed by atoms with E-state index in [0.717, 1.165) is 17.8 Å². The number of carbonyl (C=O) groups is 1. The van der Waals surface area contributed by atoms with Gasteiger partial charge in [0.1, 0.15) is 0 Å². The molecule has 1 aliphatic heterocycles. The smallest absolute Gasteiger partial charge is 0.159 e. The Balaban J connectivity index is 1.89. The SMILES string of the molecule is CC(=O)c1ccc(NCC2(C)CCN(C)CC2)cc1. The molecule has 0 saturated carbocycles. The first-order chi connectivity index (χ1) is 8.98. The summed E-state index contributed by atoms with van der Waals surface area (Å²) < 4.78 is 0. The van der Waals surface area contributed by atoms with E-state index in [-0.39, 0.29) is 5.78 Å². The van der Waals surface area contributed by atoms with Crippen LogP contribution >= 0.6 is 0 Å². The fourth-order valence-electron chi connectivity index (χ4n) is 2.47. The fourth-order valence-corrected chi connectivity index (χ4v) is 2.47. The third-order valence-corrected chi connectivity index (χ3v) is 4.20. The molecule has 1 aromatic carbocycles. The van der Waals surface area contributed by atoms with Crippen LogP contribution in [0.4, 0.5) is 5.69 Å². The third kappa shape index (κ3) is 3.80.